The Hall–Kier alpha value is -4.55. The van der Waals surface area contributed by atoms with Gasteiger partial charge in [-0.25, -0.2) is 27.0 Å². The fourth-order valence-corrected chi connectivity index (χ4v) is 9.46. The minimum absolute atomic E-state index is 0.0195. The third-order valence-electron chi connectivity index (χ3n) is 12.3. The van der Waals surface area contributed by atoms with Gasteiger partial charge in [0, 0.05) is 29.4 Å². The van der Waals surface area contributed by atoms with Gasteiger partial charge in [-0.05, 0) is 85.1 Å². The summed E-state index contributed by atoms with van der Waals surface area (Å²) in [5.74, 6) is -5.05. The molecule has 316 valence electrons. The van der Waals surface area contributed by atoms with Crippen LogP contribution < -0.4 is 20.1 Å². The Morgan fingerprint density at radius 1 is 1.05 bits per heavy atom. The first-order chi connectivity index (χ1) is 27.0. The zero-order valence-corrected chi connectivity index (χ0v) is 33.3. The van der Waals surface area contributed by atoms with E-state index in [0.29, 0.717) is 69.0 Å². The minimum atomic E-state index is -4.93. The van der Waals surface area contributed by atoms with Crippen molar-refractivity contribution in [2.45, 2.75) is 138 Å². The minimum Gasteiger partial charge on any atom is -0.483 e. The lowest BCUT2D eigenvalue weighted by Crippen LogP contribution is -2.59. The summed E-state index contributed by atoms with van der Waals surface area (Å²) >= 11 is 0. The highest BCUT2D eigenvalue weighted by molar-refractivity contribution is 7.91. The standard InChI is InChI=1S/C39H46F5N5O8S/c1-21-30-23(24-16-25(40)26(41)17-28(24)45-21)12-13-37(56-30)19-29-31(50)47-38(33(52)48-58(54,55)36(4)14-15-36)18-22(38)10-8-6-5-7-9-11-27(32(51)49(29)20-37)46-34(53)57-35(2,3)39(42,43)44/h8,10,16-17,22,27,29H,5-7,9,11-15,18-20H2,1-4H3,(H,46,53)(H,47,50)(H,48,52)/b10-8-/t22?,27-,29-,37+,38+/m0/s1. The summed E-state index contributed by atoms with van der Waals surface area (Å²) in [6, 6.07) is -0.816. The molecule has 1 spiro atoms. The van der Waals surface area contributed by atoms with Crippen molar-refractivity contribution in [2.75, 3.05) is 6.54 Å². The highest BCUT2D eigenvalue weighted by Gasteiger charge is 2.64. The Bertz CT molecular complexity index is 2210. The summed E-state index contributed by atoms with van der Waals surface area (Å²) in [4.78, 5) is 61.7. The number of benzene rings is 1. The number of rotatable bonds is 5. The number of hydrogen-bond donors (Lipinski definition) is 3. The van der Waals surface area contributed by atoms with E-state index < -0.39 is 91.1 Å². The molecule has 1 aromatic heterocycles. The van der Waals surface area contributed by atoms with Gasteiger partial charge in [-0.3, -0.25) is 19.1 Å². The topological polar surface area (TPSA) is 173 Å². The van der Waals surface area contributed by atoms with Gasteiger partial charge in [-0.15, -0.1) is 0 Å². The number of pyridine rings is 1. The van der Waals surface area contributed by atoms with Crippen molar-refractivity contribution in [3.05, 3.63) is 47.2 Å². The van der Waals surface area contributed by atoms with E-state index in [4.69, 9.17) is 9.47 Å². The van der Waals surface area contributed by atoms with Crippen molar-refractivity contribution in [3.63, 3.8) is 0 Å². The van der Waals surface area contributed by atoms with Crippen LogP contribution in [0.15, 0.2) is 24.3 Å². The van der Waals surface area contributed by atoms with Gasteiger partial charge in [0.15, 0.2) is 11.6 Å². The quantitative estimate of drug-likeness (QED) is 0.266. The number of ether oxygens (including phenoxy) is 2. The molecule has 58 heavy (non-hydrogen) atoms. The number of allylic oxidation sites excluding steroid dienone is 1. The predicted molar refractivity (Wildman–Crippen MR) is 198 cm³/mol. The Balaban J connectivity index is 1.24. The van der Waals surface area contributed by atoms with Gasteiger partial charge < -0.3 is 25.0 Å². The van der Waals surface area contributed by atoms with E-state index in [2.05, 4.69) is 20.3 Å². The van der Waals surface area contributed by atoms with Crippen molar-refractivity contribution in [1.29, 1.82) is 0 Å². The van der Waals surface area contributed by atoms with Gasteiger partial charge in [0.2, 0.25) is 27.4 Å². The van der Waals surface area contributed by atoms with Crippen LogP contribution in [-0.4, -0.2) is 88.4 Å². The lowest BCUT2D eigenvalue weighted by molar-refractivity contribution is -0.244. The normalized spacial score (nSPS) is 29.1. The maximum absolute atomic E-state index is 14.6. The number of alkyl halides is 3. The molecule has 2 aliphatic carbocycles. The molecule has 1 aromatic carbocycles. The number of nitrogens with zero attached hydrogens (tertiary/aromatic N) is 2. The van der Waals surface area contributed by atoms with Crippen molar-refractivity contribution in [1.82, 2.24) is 25.2 Å². The average Bonchev–Trinajstić information content (AvgIpc) is 4.02. The number of amides is 4. The number of aryl methyl sites for hydroxylation is 2. The molecule has 7 rings (SSSR count). The number of sulfonamides is 1. The summed E-state index contributed by atoms with van der Waals surface area (Å²) in [6.45, 7) is 4.20. The molecular weight excluding hydrogens is 794 g/mol. The fraction of sp³-hybridized carbons (Fsp3) is 0.615. The Morgan fingerprint density at radius 3 is 2.45 bits per heavy atom. The number of fused-ring (bicyclic) bond motifs is 5. The summed E-state index contributed by atoms with van der Waals surface area (Å²) in [5.41, 5.74) is -4.81. The maximum atomic E-state index is 14.6. The Labute approximate surface area is 331 Å². The highest BCUT2D eigenvalue weighted by atomic mass is 32.2. The molecule has 4 amide bonds. The Kier molecular flexibility index (Phi) is 10.3. The zero-order valence-electron chi connectivity index (χ0n) is 32.5. The number of hydrogen-bond acceptors (Lipinski definition) is 9. The summed E-state index contributed by atoms with van der Waals surface area (Å²) in [7, 11) is -4.11. The van der Waals surface area contributed by atoms with Crippen LogP contribution in [0.1, 0.15) is 96.2 Å². The predicted octanol–water partition coefficient (Wildman–Crippen LogP) is 5.32. The summed E-state index contributed by atoms with van der Waals surface area (Å²) in [6.07, 6.45) is 0.185. The number of carbonyl (C=O) groups excluding carboxylic acids is 4. The zero-order chi connectivity index (χ0) is 42.2. The van der Waals surface area contributed by atoms with E-state index in [0.717, 1.165) is 12.1 Å². The first-order valence-corrected chi connectivity index (χ1v) is 20.9. The monoisotopic (exact) mass is 839 g/mol. The van der Waals surface area contributed by atoms with Crippen LogP contribution in [-0.2, 0) is 35.6 Å². The summed E-state index contributed by atoms with van der Waals surface area (Å²) < 4.78 is 108. The van der Waals surface area contributed by atoms with Gasteiger partial charge in [0.05, 0.1) is 22.5 Å². The molecule has 19 heteroatoms. The van der Waals surface area contributed by atoms with E-state index in [1.807, 2.05) is 6.08 Å². The fourth-order valence-electron chi connectivity index (χ4n) is 8.15. The molecule has 0 radical (unpaired) electrons. The second kappa shape index (κ2) is 14.3. The van der Waals surface area contributed by atoms with Crippen molar-refractivity contribution in [2.24, 2.45) is 5.92 Å². The van der Waals surface area contributed by atoms with Crippen LogP contribution in [0, 0.1) is 24.5 Å². The Morgan fingerprint density at radius 2 is 1.76 bits per heavy atom. The molecule has 1 saturated heterocycles. The number of nitrogens with one attached hydrogen (secondary N) is 3. The lowest BCUT2D eigenvalue weighted by Gasteiger charge is -2.37. The van der Waals surface area contributed by atoms with Gasteiger partial charge in [-0.2, -0.15) is 13.2 Å². The van der Waals surface area contributed by atoms with Crippen LogP contribution >= 0.6 is 0 Å². The molecule has 13 nitrogen and oxygen atoms in total. The number of alkyl carbamates (subject to hydrolysis) is 1. The molecule has 5 aliphatic rings. The molecule has 2 aromatic rings. The molecule has 1 unspecified atom stereocenters. The third kappa shape index (κ3) is 7.58. The number of aromatic nitrogens is 1. The van der Waals surface area contributed by atoms with E-state index in [9.17, 15) is 49.5 Å². The second-order valence-electron chi connectivity index (χ2n) is 17.1. The van der Waals surface area contributed by atoms with Crippen LogP contribution in [0.5, 0.6) is 5.75 Å². The van der Waals surface area contributed by atoms with Crippen LogP contribution in [0.4, 0.5) is 26.7 Å². The molecule has 5 atom stereocenters. The van der Waals surface area contributed by atoms with Gasteiger partial charge in [0.1, 0.15) is 29.0 Å². The first kappa shape index (κ1) is 41.6. The SMILES string of the molecule is Cc1nc2cc(F)c(F)cc2c2c1O[C@]1(CC2)C[C@H]2C(=O)N[C@]3(C(=O)NS(=O)(=O)C4(C)CC4)CC3/C=C\CCCCC[C@H](NC(=O)OC(C)(C)C(F)(F)F)C(=O)N2C1. The molecular formula is C39H46F5N5O8S. The van der Waals surface area contributed by atoms with Gasteiger partial charge in [0.25, 0.3) is 5.91 Å². The highest BCUT2D eigenvalue weighted by Crippen LogP contribution is 2.49. The van der Waals surface area contributed by atoms with Crippen LogP contribution in [0.3, 0.4) is 0 Å². The smallest absolute Gasteiger partial charge is 0.427 e. The summed E-state index contributed by atoms with van der Waals surface area (Å²) in [5, 5.41) is 5.39. The molecule has 4 heterocycles. The second-order valence-corrected chi connectivity index (χ2v) is 19.3. The van der Waals surface area contributed by atoms with Gasteiger partial charge >= 0.3 is 12.3 Å². The van der Waals surface area contributed by atoms with E-state index >= 15 is 0 Å². The number of carbonyl (C=O) groups is 4. The molecule has 3 aliphatic heterocycles. The molecule has 3 fully saturated rings. The van der Waals surface area contributed by atoms with Gasteiger partial charge in [-0.1, -0.05) is 25.0 Å². The van der Waals surface area contributed by atoms with E-state index in [1.54, 1.807) is 13.0 Å². The largest absolute Gasteiger partial charge is 0.483 e. The molecule has 0 bridgehead atoms. The van der Waals surface area contributed by atoms with E-state index in [-0.39, 0.29) is 49.9 Å². The third-order valence-corrected chi connectivity index (χ3v) is 14.5. The maximum Gasteiger partial charge on any atom is 0.427 e. The van der Waals surface area contributed by atoms with Crippen molar-refractivity contribution < 1.29 is 59.0 Å². The number of halogens is 5. The first-order valence-electron chi connectivity index (χ1n) is 19.4. The van der Waals surface area contributed by atoms with Crippen LogP contribution in [0.25, 0.3) is 10.9 Å². The average molecular weight is 840 g/mol. The molecule has 2 saturated carbocycles. The molecule has 3 N–H and O–H groups in total. The van der Waals surface area contributed by atoms with Crippen molar-refractivity contribution >= 4 is 44.7 Å². The van der Waals surface area contributed by atoms with Crippen LogP contribution in [0.2, 0.25) is 0 Å². The lowest BCUT2D eigenvalue weighted by atomic mass is 9.87. The van der Waals surface area contributed by atoms with Crippen molar-refractivity contribution in [3.8, 4) is 5.75 Å². The van der Waals surface area contributed by atoms with E-state index in [1.165, 1.54) is 11.8 Å².